The summed E-state index contributed by atoms with van der Waals surface area (Å²) in [7, 11) is 0. The van der Waals surface area contributed by atoms with Gasteiger partial charge in [0.1, 0.15) is 0 Å². The molecule has 16 heavy (non-hydrogen) atoms. The van der Waals surface area contributed by atoms with E-state index in [1.165, 1.54) is 0 Å². The van der Waals surface area contributed by atoms with Crippen LogP contribution in [0.4, 0.5) is 0 Å². The number of aromatic nitrogens is 3. The van der Waals surface area contributed by atoms with E-state index in [1.54, 1.807) is 22.6 Å². The summed E-state index contributed by atoms with van der Waals surface area (Å²) in [4.78, 5) is 11.1. The second kappa shape index (κ2) is 7.20. The van der Waals surface area contributed by atoms with Gasteiger partial charge in [-0.3, -0.25) is 14.9 Å². The molecule has 90 valence electrons. The molecule has 1 aromatic heterocycles. The van der Waals surface area contributed by atoms with Gasteiger partial charge in [0.2, 0.25) is 0 Å². The minimum absolute atomic E-state index is 0.211. The Hall–Kier alpha value is -1.12. The van der Waals surface area contributed by atoms with Crippen LogP contribution in [-0.4, -0.2) is 44.1 Å². The molecule has 0 saturated carbocycles. The Kier molecular flexibility index (Phi) is 5.83. The smallest absolute Gasteiger partial charge is 0.287 e. The van der Waals surface area contributed by atoms with Gasteiger partial charge in [-0.1, -0.05) is 5.21 Å². The van der Waals surface area contributed by atoms with Crippen LogP contribution in [0.2, 0.25) is 0 Å². The fraction of sp³-hybridized carbons (Fsp3) is 0.625. The average Bonchev–Trinajstić information content (AvgIpc) is 2.76. The molecule has 1 heterocycles. The summed E-state index contributed by atoms with van der Waals surface area (Å²) in [6.45, 7) is 0.901. The molecule has 0 atom stereocenters. The van der Waals surface area contributed by atoms with Crippen molar-refractivity contribution in [1.29, 1.82) is 0 Å². The number of nitrogens with one attached hydrogen (secondary N) is 1. The standard InChI is InChI=1S/C8H15N5O2S/c9-10-8(15)7-6-13(12-11-7)2-5-16-4-1-3-14/h6,14H,1-5,9H2,(H,10,15). The number of aliphatic hydroxyl groups is 1. The highest BCUT2D eigenvalue weighted by Gasteiger charge is 2.08. The molecule has 0 unspecified atom stereocenters. The maximum absolute atomic E-state index is 11.1. The lowest BCUT2D eigenvalue weighted by atomic mass is 10.5. The molecule has 1 aromatic rings. The van der Waals surface area contributed by atoms with Crippen LogP contribution in [-0.2, 0) is 6.54 Å². The number of hydrogen-bond acceptors (Lipinski definition) is 6. The number of nitrogens with zero attached hydrogens (tertiary/aromatic N) is 3. The Morgan fingerprint density at radius 3 is 3.12 bits per heavy atom. The van der Waals surface area contributed by atoms with E-state index in [1.807, 2.05) is 5.43 Å². The Bertz CT molecular complexity index is 330. The number of rotatable bonds is 7. The molecule has 1 rings (SSSR count). The molecule has 1 amide bonds. The van der Waals surface area contributed by atoms with E-state index in [-0.39, 0.29) is 12.3 Å². The number of hydrazine groups is 1. The van der Waals surface area contributed by atoms with Gasteiger partial charge in [-0.05, 0) is 12.2 Å². The van der Waals surface area contributed by atoms with Crippen molar-refractivity contribution in [3.8, 4) is 0 Å². The third-order valence-electron chi connectivity index (χ3n) is 1.81. The maximum atomic E-state index is 11.1. The summed E-state index contributed by atoms with van der Waals surface area (Å²) in [5.74, 6) is 6.30. The molecular weight excluding hydrogens is 230 g/mol. The normalized spacial score (nSPS) is 10.4. The highest BCUT2D eigenvalue weighted by atomic mass is 32.2. The van der Waals surface area contributed by atoms with Gasteiger partial charge in [0, 0.05) is 12.4 Å². The summed E-state index contributed by atoms with van der Waals surface area (Å²) < 4.78 is 1.59. The molecule has 0 aromatic carbocycles. The van der Waals surface area contributed by atoms with E-state index in [9.17, 15) is 4.79 Å². The summed E-state index contributed by atoms with van der Waals surface area (Å²) in [5, 5.41) is 16.0. The first-order valence-corrected chi connectivity index (χ1v) is 6.03. The number of nitrogen functional groups attached to an aromatic ring is 1. The molecule has 8 heteroatoms. The summed E-state index contributed by atoms with van der Waals surface area (Å²) in [6, 6.07) is 0. The van der Waals surface area contributed by atoms with Crippen molar-refractivity contribution in [2.24, 2.45) is 5.84 Å². The lowest BCUT2D eigenvalue weighted by Gasteiger charge is -1.99. The Morgan fingerprint density at radius 1 is 1.62 bits per heavy atom. The predicted octanol–water partition coefficient (Wildman–Crippen LogP) is -1.00. The monoisotopic (exact) mass is 245 g/mol. The first-order chi connectivity index (χ1) is 7.77. The Balaban J connectivity index is 2.27. The number of thioether (sulfide) groups is 1. The van der Waals surface area contributed by atoms with Crippen LogP contribution in [0.1, 0.15) is 16.9 Å². The lowest BCUT2D eigenvalue weighted by molar-refractivity contribution is 0.0948. The minimum atomic E-state index is -0.445. The first-order valence-electron chi connectivity index (χ1n) is 4.87. The van der Waals surface area contributed by atoms with Gasteiger partial charge in [0.25, 0.3) is 5.91 Å². The third-order valence-corrected chi connectivity index (χ3v) is 2.86. The lowest BCUT2D eigenvalue weighted by Crippen LogP contribution is -2.30. The second-order valence-corrected chi connectivity index (χ2v) is 4.25. The first kappa shape index (κ1) is 12.9. The van der Waals surface area contributed by atoms with E-state index in [2.05, 4.69) is 10.3 Å². The average molecular weight is 245 g/mol. The zero-order chi connectivity index (χ0) is 11.8. The van der Waals surface area contributed by atoms with Gasteiger partial charge in [-0.2, -0.15) is 11.8 Å². The van der Waals surface area contributed by atoms with Crippen molar-refractivity contribution in [2.75, 3.05) is 18.1 Å². The van der Waals surface area contributed by atoms with Crippen LogP contribution < -0.4 is 11.3 Å². The number of carbonyl (C=O) groups is 1. The minimum Gasteiger partial charge on any atom is -0.396 e. The zero-order valence-corrected chi connectivity index (χ0v) is 9.61. The molecule has 0 fully saturated rings. The highest BCUT2D eigenvalue weighted by Crippen LogP contribution is 2.03. The van der Waals surface area contributed by atoms with Gasteiger partial charge in [0.05, 0.1) is 12.7 Å². The van der Waals surface area contributed by atoms with Gasteiger partial charge >= 0.3 is 0 Å². The molecule has 0 aliphatic heterocycles. The number of amides is 1. The van der Waals surface area contributed by atoms with Crippen LogP contribution in [0.3, 0.4) is 0 Å². The molecule has 0 aliphatic carbocycles. The summed E-state index contributed by atoms with van der Waals surface area (Å²) >= 11 is 1.72. The highest BCUT2D eigenvalue weighted by molar-refractivity contribution is 7.99. The van der Waals surface area contributed by atoms with Crippen molar-refractivity contribution in [2.45, 2.75) is 13.0 Å². The maximum Gasteiger partial charge on any atom is 0.287 e. The largest absolute Gasteiger partial charge is 0.396 e. The number of hydrogen-bond donors (Lipinski definition) is 3. The Morgan fingerprint density at radius 2 is 2.44 bits per heavy atom. The van der Waals surface area contributed by atoms with Crippen LogP contribution in [0.5, 0.6) is 0 Å². The van der Waals surface area contributed by atoms with Gasteiger partial charge < -0.3 is 5.11 Å². The number of aryl methyl sites for hydroxylation is 1. The molecule has 0 radical (unpaired) electrons. The summed E-state index contributed by atoms with van der Waals surface area (Å²) in [5.41, 5.74) is 2.20. The number of carbonyl (C=O) groups excluding carboxylic acids is 1. The summed E-state index contributed by atoms with van der Waals surface area (Å²) in [6.07, 6.45) is 2.34. The zero-order valence-electron chi connectivity index (χ0n) is 8.80. The van der Waals surface area contributed by atoms with E-state index in [0.717, 1.165) is 17.9 Å². The Labute approximate surface area is 97.4 Å². The van der Waals surface area contributed by atoms with Crippen LogP contribution in [0.15, 0.2) is 6.20 Å². The van der Waals surface area contributed by atoms with Gasteiger partial charge in [-0.25, -0.2) is 5.84 Å². The van der Waals surface area contributed by atoms with Crippen molar-refractivity contribution < 1.29 is 9.90 Å². The van der Waals surface area contributed by atoms with E-state index in [0.29, 0.717) is 6.54 Å². The van der Waals surface area contributed by atoms with E-state index in [4.69, 9.17) is 10.9 Å². The SMILES string of the molecule is NNC(=O)c1cn(CCSCCCO)nn1. The molecule has 7 nitrogen and oxygen atoms in total. The van der Waals surface area contributed by atoms with Crippen LogP contribution in [0, 0.1) is 0 Å². The van der Waals surface area contributed by atoms with Crippen molar-refractivity contribution in [3.63, 3.8) is 0 Å². The van der Waals surface area contributed by atoms with Crippen LogP contribution >= 0.6 is 11.8 Å². The topological polar surface area (TPSA) is 106 Å². The van der Waals surface area contributed by atoms with Gasteiger partial charge in [-0.15, -0.1) is 5.10 Å². The molecule has 0 saturated heterocycles. The molecular formula is C8H15N5O2S. The quantitative estimate of drug-likeness (QED) is 0.246. The van der Waals surface area contributed by atoms with Gasteiger partial charge in [0.15, 0.2) is 5.69 Å². The number of nitrogens with two attached hydrogens (primary N) is 1. The molecule has 0 bridgehead atoms. The molecule has 0 aliphatic rings. The van der Waals surface area contributed by atoms with Crippen molar-refractivity contribution in [1.82, 2.24) is 20.4 Å². The second-order valence-electron chi connectivity index (χ2n) is 3.03. The third kappa shape index (κ3) is 4.17. The van der Waals surface area contributed by atoms with E-state index < -0.39 is 5.91 Å². The predicted molar refractivity (Wildman–Crippen MR) is 60.7 cm³/mol. The fourth-order valence-electron chi connectivity index (χ4n) is 1.01. The van der Waals surface area contributed by atoms with Crippen molar-refractivity contribution >= 4 is 17.7 Å². The van der Waals surface area contributed by atoms with E-state index >= 15 is 0 Å². The number of aliphatic hydroxyl groups excluding tert-OH is 1. The van der Waals surface area contributed by atoms with Crippen molar-refractivity contribution in [3.05, 3.63) is 11.9 Å². The fourth-order valence-corrected chi connectivity index (χ4v) is 1.87. The molecule has 4 N–H and O–H groups in total. The van der Waals surface area contributed by atoms with Crippen LogP contribution in [0.25, 0.3) is 0 Å². The molecule has 0 spiro atoms.